The molecule has 0 aliphatic carbocycles. The SMILES string of the molecule is COc1ccc(-c2ncc[nH]2)cc1.COc1cccc(-c2ncc[nH]2)c1.FC(F)(F)c1ccc(-c2ccc[nH]2)cc1.c1ccc(-c2ncc[nH]2)nc1. The van der Waals surface area contributed by atoms with Crippen LogP contribution in [0.4, 0.5) is 13.2 Å². The summed E-state index contributed by atoms with van der Waals surface area (Å²) in [7, 11) is 3.31. The summed E-state index contributed by atoms with van der Waals surface area (Å²) in [5.41, 5.74) is 3.89. The topological polar surface area (TPSA) is 133 Å². The number of ether oxygens (including phenoxy) is 2. The highest BCUT2D eigenvalue weighted by Gasteiger charge is 2.29. The Morgan fingerprint density at radius 2 is 1.10 bits per heavy atom. The molecule has 5 aromatic heterocycles. The number of aromatic amines is 4. The molecule has 0 bridgehead atoms. The van der Waals surface area contributed by atoms with Crippen LogP contribution in [0.15, 0.2) is 153 Å². The summed E-state index contributed by atoms with van der Waals surface area (Å²) in [5.74, 6) is 4.25. The number of hydrogen-bond donors (Lipinski definition) is 4. The number of hydrogen-bond acceptors (Lipinski definition) is 6. The number of aromatic nitrogens is 8. The van der Waals surface area contributed by atoms with Gasteiger partial charge in [0.15, 0.2) is 5.82 Å². The molecule has 3 aromatic carbocycles. The van der Waals surface area contributed by atoms with Crippen molar-refractivity contribution in [2.45, 2.75) is 6.18 Å². The van der Waals surface area contributed by atoms with E-state index in [0.717, 1.165) is 69.2 Å². The van der Waals surface area contributed by atoms with E-state index < -0.39 is 11.7 Å². The number of nitrogens with one attached hydrogen (secondary N) is 4. The molecule has 0 atom stereocenters. The summed E-state index contributed by atoms with van der Waals surface area (Å²) in [4.78, 5) is 28.5. The minimum Gasteiger partial charge on any atom is -0.497 e. The third-order valence-corrected chi connectivity index (χ3v) is 7.23. The summed E-state index contributed by atoms with van der Waals surface area (Å²) in [6, 6.07) is 30.0. The summed E-state index contributed by atoms with van der Waals surface area (Å²) < 4.78 is 46.9. The first kappa shape index (κ1) is 36.4. The summed E-state index contributed by atoms with van der Waals surface area (Å²) >= 11 is 0. The number of alkyl halides is 3. The number of rotatable bonds is 6. The molecule has 8 rings (SSSR count). The Bertz CT molecular complexity index is 2120. The Balaban J connectivity index is 0.000000135. The van der Waals surface area contributed by atoms with Crippen LogP contribution in [0.1, 0.15) is 5.56 Å². The van der Waals surface area contributed by atoms with Crippen molar-refractivity contribution in [2.75, 3.05) is 14.2 Å². The minimum atomic E-state index is -4.27. The van der Waals surface area contributed by atoms with Gasteiger partial charge in [-0.2, -0.15) is 13.2 Å². The van der Waals surface area contributed by atoms with Crippen molar-refractivity contribution in [3.05, 3.63) is 158 Å². The summed E-state index contributed by atoms with van der Waals surface area (Å²) in [6.45, 7) is 0. The van der Waals surface area contributed by atoms with Gasteiger partial charge >= 0.3 is 6.18 Å². The zero-order valence-corrected chi connectivity index (χ0v) is 28.2. The maximum absolute atomic E-state index is 12.3. The predicted molar refractivity (Wildman–Crippen MR) is 194 cm³/mol. The Hall–Kier alpha value is -6.89. The Kier molecular flexibility index (Phi) is 12.7. The van der Waals surface area contributed by atoms with Crippen molar-refractivity contribution in [1.82, 2.24) is 39.9 Å². The quantitative estimate of drug-likeness (QED) is 0.136. The van der Waals surface area contributed by atoms with Crippen molar-refractivity contribution in [3.63, 3.8) is 0 Å². The lowest BCUT2D eigenvalue weighted by Crippen LogP contribution is -2.03. The van der Waals surface area contributed by atoms with E-state index in [1.54, 1.807) is 69.9 Å². The fourth-order valence-corrected chi connectivity index (χ4v) is 4.62. The van der Waals surface area contributed by atoms with Gasteiger partial charge in [-0.05, 0) is 78.4 Å². The van der Waals surface area contributed by atoms with Gasteiger partial charge in [0.05, 0.1) is 19.8 Å². The van der Waals surface area contributed by atoms with E-state index in [0.29, 0.717) is 0 Å². The smallest absolute Gasteiger partial charge is 0.416 e. The van der Waals surface area contributed by atoms with Crippen LogP contribution in [0.3, 0.4) is 0 Å². The zero-order valence-electron chi connectivity index (χ0n) is 28.2. The molecule has 0 amide bonds. The van der Waals surface area contributed by atoms with Gasteiger partial charge in [-0.3, -0.25) is 4.98 Å². The molecule has 264 valence electrons. The first-order chi connectivity index (χ1) is 25.3. The fraction of sp³-hybridized carbons (Fsp3) is 0.0769. The van der Waals surface area contributed by atoms with Crippen LogP contribution in [0, 0.1) is 0 Å². The molecule has 0 saturated carbocycles. The second-order valence-electron chi connectivity index (χ2n) is 10.6. The van der Waals surface area contributed by atoms with Crippen LogP contribution in [0.25, 0.3) is 45.6 Å². The van der Waals surface area contributed by atoms with Crippen molar-refractivity contribution in [3.8, 4) is 57.1 Å². The predicted octanol–water partition coefficient (Wildman–Crippen LogP) is 9.34. The van der Waals surface area contributed by atoms with E-state index in [9.17, 15) is 13.2 Å². The number of pyridine rings is 1. The largest absolute Gasteiger partial charge is 0.497 e. The molecule has 8 aromatic rings. The molecule has 13 heteroatoms. The molecule has 0 spiro atoms. The molecule has 4 N–H and O–H groups in total. The van der Waals surface area contributed by atoms with Gasteiger partial charge in [-0.25, -0.2) is 15.0 Å². The summed E-state index contributed by atoms with van der Waals surface area (Å²) in [6.07, 6.45) is 9.77. The molecular weight excluding hydrogens is 669 g/mol. The number of benzene rings is 3. The highest BCUT2D eigenvalue weighted by molar-refractivity contribution is 5.60. The first-order valence-corrected chi connectivity index (χ1v) is 15.8. The van der Waals surface area contributed by atoms with Gasteiger partial charge in [0.1, 0.15) is 28.8 Å². The highest BCUT2D eigenvalue weighted by atomic mass is 19.4. The van der Waals surface area contributed by atoms with E-state index in [2.05, 4.69) is 39.9 Å². The van der Waals surface area contributed by atoms with Crippen LogP contribution in [0.5, 0.6) is 11.5 Å². The van der Waals surface area contributed by atoms with Gasteiger partial charge in [0.2, 0.25) is 0 Å². The van der Waals surface area contributed by atoms with Crippen LogP contribution in [0.2, 0.25) is 0 Å². The molecule has 0 aliphatic heterocycles. The second kappa shape index (κ2) is 18.2. The number of nitrogens with zero attached hydrogens (tertiary/aromatic N) is 4. The van der Waals surface area contributed by atoms with Crippen molar-refractivity contribution in [2.24, 2.45) is 0 Å². The van der Waals surface area contributed by atoms with Gasteiger partial charge in [0.25, 0.3) is 0 Å². The average Bonchev–Trinajstić information content (AvgIpc) is 4.05. The van der Waals surface area contributed by atoms with Crippen LogP contribution < -0.4 is 9.47 Å². The third kappa shape index (κ3) is 10.6. The fourth-order valence-electron chi connectivity index (χ4n) is 4.62. The lowest BCUT2D eigenvalue weighted by atomic mass is 10.1. The molecule has 0 radical (unpaired) electrons. The van der Waals surface area contributed by atoms with Gasteiger partial charge < -0.3 is 29.4 Å². The van der Waals surface area contributed by atoms with Crippen LogP contribution in [-0.2, 0) is 6.18 Å². The Morgan fingerprint density at radius 3 is 1.62 bits per heavy atom. The van der Waals surface area contributed by atoms with E-state index in [1.807, 2.05) is 72.8 Å². The normalized spacial score (nSPS) is 10.4. The Morgan fingerprint density at radius 1 is 0.481 bits per heavy atom. The molecule has 10 nitrogen and oxygen atoms in total. The van der Waals surface area contributed by atoms with E-state index in [1.165, 1.54) is 12.1 Å². The molecular formula is C39H35F3N8O2. The number of imidazole rings is 3. The number of methoxy groups -OCH3 is 2. The van der Waals surface area contributed by atoms with Gasteiger partial charge in [0, 0.05) is 66.4 Å². The van der Waals surface area contributed by atoms with Crippen molar-refractivity contribution < 1.29 is 22.6 Å². The van der Waals surface area contributed by atoms with E-state index in [4.69, 9.17) is 9.47 Å². The second-order valence-corrected chi connectivity index (χ2v) is 10.6. The maximum atomic E-state index is 12.3. The van der Waals surface area contributed by atoms with Crippen LogP contribution in [-0.4, -0.2) is 54.1 Å². The standard InChI is InChI=1S/C11H8F3N.2C10H10N2O.C8H7N3/c12-11(13,14)9-5-3-8(4-6-9)10-2-1-7-15-10;1-13-9-4-2-8(3-5-9)10-11-6-7-12-10;1-13-9-4-2-3-8(7-9)10-11-5-6-12-10;1-2-4-9-7(3-1)8-10-5-6-11-8/h1-7,15H;2*2-7H,1H3,(H,11,12);1-6H,(H,10,11). The lowest BCUT2D eigenvalue weighted by molar-refractivity contribution is -0.137. The molecule has 52 heavy (non-hydrogen) atoms. The summed E-state index contributed by atoms with van der Waals surface area (Å²) in [5, 5.41) is 0. The third-order valence-electron chi connectivity index (χ3n) is 7.23. The zero-order chi connectivity index (χ0) is 36.6. The van der Waals surface area contributed by atoms with Crippen molar-refractivity contribution >= 4 is 0 Å². The number of H-pyrrole nitrogens is 4. The maximum Gasteiger partial charge on any atom is 0.416 e. The monoisotopic (exact) mass is 704 g/mol. The van der Waals surface area contributed by atoms with Crippen molar-refractivity contribution in [1.29, 1.82) is 0 Å². The van der Waals surface area contributed by atoms with E-state index >= 15 is 0 Å². The highest BCUT2D eigenvalue weighted by Crippen LogP contribution is 2.30. The van der Waals surface area contributed by atoms with Gasteiger partial charge in [-0.15, -0.1) is 0 Å². The average molecular weight is 705 g/mol. The van der Waals surface area contributed by atoms with Gasteiger partial charge in [-0.1, -0.05) is 30.3 Å². The molecule has 0 unspecified atom stereocenters. The molecule has 0 aliphatic rings. The Labute approximate surface area is 297 Å². The lowest BCUT2D eigenvalue weighted by Gasteiger charge is -2.06. The minimum absolute atomic E-state index is 0.627. The molecule has 0 saturated heterocycles. The number of halogens is 3. The van der Waals surface area contributed by atoms with Crippen LogP contribution >= 0.6 is 0 Å². The van der Waals surface area contributed by atoms with E-state index in [-0.39, 0.29) is 0 Å². The molecule has 5 heterocycles. The molecule has 0 fully saturated rings. The first-order valence-electron chi connectivity index (χ1n) is 15.8.